The molecule has 0 saturated heterocycles. The van der Waals surface area contributed by atoms with Crippen LogP contribution in [0.5, 0.6) is 5.75 Å². The fourth-order valence-corrected chi connectivity index (χ4v) is 2.94. The van der Waals surface area contributed by atoms with Crippen LogP contribution in [-0.2, 0) is 11.2 Å². The molecule has 0 radical (unpaired) electrons. The minimum Gasteiger partial charge on any atom is -0.497 e. The lowest BCUT2D eigenvalue weighted by Gasteiger charge is -2.12. The van der Waals surface area contributed by atoms with Gasteiger partial charge in [-0.3, -0.25) is 4.79 Å². The maximum Gasteiger partial charge on any atom is 0.232 e. The molecule has 1 atom stereocenters. The molecule has 0 bridgehead atoms. The van der Waals surface area contributed by atoms with E-state index < -0.39 is 0 Å². The molecule has 1 heterocycles. The second-order valence-corrected chi connectivity index (χ2v) is 5.64. The third kappa shape index (κ3) is 2.31. The highest BCUT2D eigenvalue weighted by molar-refractivity contribution is 9.10. The highest BCUT2D eigenvalue weighted by atomic mass is 79.9. The van der Waals surface area contributed by atoms with E-state index in [-0.39, 0.29) is 11.8 Å². The van der Waals surface area contributed by atoms with Gasteiger partial charge in [-0.2, -0.15) is 0 Å². The molecule has 1 amide bonds. The van der Waals surface area contributed by atoms with E-state index in [1.54, 1.807) is 7.11 Å². The summed E-state index contributed by atoms with van der Waals surface area (Å²) in [4.78, 5) is 12.1. The molecule has 3 nitrogen and oxygen atoms in total. The van der Waals surface area contributed by atoms with Crippen molar-refractivity contribution in [3.8, 4) is 5.75 Å². The molecular weight excluding hydrogens is 318 g/mol. The molecule has 1 aliphatic heterocycles. The minimum atomic E-state index is -0.144. The molecule has 4 heteroatoms. The van der Waals surface area contributed by atoms with Gasteiger partial charge in [0.1, 0.15) is 5.75 Å². The summed E-state index contributed by atoms with van der Waals surface area (Å²) in [5.41, 5.74) is 3.05. The van der Waals surface area contributed by atoms with E-state index in [0.29, 0.717) is 6.42 Å². The van der Waals surface area contributed by atoms with Gasteiger partial charge in [-0.1, -0.05) is 34.1 Å². The van der Waals surface area contributed by atoms with Crippen LogP contribution in [0.15, 0.2) is 46.9 Å². The summed E-state index contributed by atoms with van der Waals surface area (Å²) in [5.74, 6) is 0.713. The monoisotopic (exact) mass is 331 g/mol. The molecule has 0 unspecified atom stereocenters. The van der Waals surface area contributed by atoms with E-state index in [4.69, 9.17) is 4.74 Å². The molecule has 20 heavy (non-hydrogen) atoms. The number of benzene rings is 2. The summed E-state index contributed by atoms with van der Waals surface area (Å²) in [7, 11) is 1.64. The zero-order chi connectivity index (χ0) is 14.1. The van der Waals surface area contributed by atoms with Gasteiger partial charge in [0.2, 0.25) is 5.91 Å². The Labute approximate surface area is 126 Å². The molecular formula is C16H14BrNO2. The SMILES string of the molecule is COc1ccc(Br)c(C[C@H]2C(=O)Nc3ccccc32)c1. The number of rotatable bonds is 3. The van der Waals surface area contributed by atoms with Crippen LogP contribution in [0, 0.1) is 0 Å². The number of fused-ring (bicyclic) bond motifs is 1. The van der Waals surface area contributed by atoms with Gasteiger partial charge in [0, 0.05) is 10.2 Å². The predicted octanol–water partition coefficient (Wildman–Crippen LogP) is 3.74. The van der Waals surface area contributed by atoms with Crippen molar-refractivity contribution in [2.45, 2.75) is 12.3 Å². The topological polar surface area (TPSA) is 38.3 Å². The summed E-state index contributed by atoms with van der Waals surface area (Å²) in [6.07, 6.45) is 0.653. The first kappa shape index (κ1) is 13.2. The van der Waals surface area contributed by atoms with E-state index in [9.17, 15) is 4.79 Å². The zero-order valence-corrected chi connectivity index (χ0v) is 12.6. The summed E-state index contributed by atoms with van der Waals surface area (Å²) in [6.45, 7) is 0. The first-order chi connectivity index (χ1) is 9.69. The fourth-order valence-electron chi connectivity index (χ4n) is 2.53. The molecule has 1 N–H and O–H groups in total. The van der Waals surface area contributed by atoms with Gasteiger partial charge in [-0.15, -0.1) is 0 Å². The third-order valence-corrected chi connectivity index (χ3v) is 4.36. The number of nitrogens with one attached hydrogen (secondary N) is 1. The van der Waals surface area contributed by atoms with Crippen molar-refractivity contribution in [3.63, 3.8) is 0 Å². The maximum atomic E-state index is 12.1. The number of halogens is 1. The molecule has 2 aromatic carbocycles. The highest BCUT2D eigenvalue weighted by Crippen LogP contribution is 2.36. The van der Waals surface area contributed by atoms with Gasteiger partial charge in [0.15, 0.2) is 0 Å². The summed E-state index contributed by atoms with van der Waals surface area (Å²) >= 11 is 3.54. The maximum absolute atomic E-state index is 12.1. The van der Waals surface area contributed by atoms with Crippen molar-refractivity contribution in [2.75, 3.05) is 12.4 Å². The first-order valence-electron chi connectivity index (χ1n) is 6.41. The van der Waals surface area contributed by atoms with Gasteiger partial charge in [0.05, 0.1) is 13.0 Å². The Bertz CT molecular complexity index is 669. The normalized spacial score (nSPS) is 16.7. The van der Waals surface area contributed by atoms with Gasteiger partial charge in [-0.25, -0.2) is 0 Å². The molecule has 0 spiro atoms. The average molecular weight is 332 g/mol. The number of carbonyl (C=O) groups is 1. The minimum absolute atomic E-state index is 0.0564. The fraction of sp³-hybridized carbons (Fsp3) is 0.188. The molecule has 102 valence electrons. The smallest absolute Gasteiger partial charge is 0.232 e. The van der Waals surface area contributed by atoms with Crippen LogP contribution in [0.4, 0.5) is 5.69 Å². The van der Waals surface area contributed by atoms with Crippen LogP contribution < -0.4 is 10.1 Å². The standard InChI is InChI=1S/C16H14BrNO2/c1-20-11-6-7-14(17)10(8-11)9-13-12-4-2-3-5-15(12)18-16(13)19/h2-8,13H,9H2,1H3,(H,18,19)/t13-/m1/s1. The quantitative estimate of drug-likeness (QED) is 0.930. The van der Waals surface area contributed by atoms with Crippen LogP contribution >= 0.6 is 15.9 Å². The average Bonchev–Trinajstić information content (AvgIpc) is 2.77. The lowest BCUT2D eigenvalue weighted by Crippen LogP contribution is -2.14. The lowest BCUT2D eigenvalue weighted by atomic mass is 9.93. The molecule has 0 aliphatic carbocycles. The largest absolute Gasteiger partial charge is 0.497 e. The first-order valence-corrected chi connectivity index (χ1v) is 7.20. The predicted molar refractivity (Wildman–Crippen MR) is 82.2 cm³/mol. The molecule has 0 fully saturated rings. The van der Waals surface area contributed by atoms with Crippen LogP contribution in [0.25, 0.3) is 0 Å². The second-order valence-electron chi connectivity index (χ2n) is 4.79. The zero-order valence-electron chi connectivity index (χ0n) is 11.0. The van der Waals surface area contributed by atoms with E-state index in [0.717, 1.165) is 27.0 Å². The Kier molecular flexibility index (Phi) is 3.49. The number of hydrogen-bond donors (Lipinski definition) is 1. The lowest BCUT2D eigenvalue weighted by molar-refractivity contribution is -0.117. The number of anilines is 1. The molecule has 1 aliphatic rings. The number of methoxy groups -OCH3 is 1. The number of hydrogen-bond acceptors (Lipinski definition) is 2. The third-order valence-electron chi connectivity index (χ3n) is 3.59. The Balaban J connectivity index is 1.94. The van der Waals surface area contributed by atoms with E-state index >= 15 is 0 Å². The Morgan fingerprint density at radius 1 is 1.25 bits per heavy atom. The number of para-hydroxylation sites is 1. The van der Waals surface area contributed by atoms with Crippen molar-refractivity contribution >= 4 is 27.5 Å². The molecule has 2 aromatic rings. The Morgan fingerprint density at radius 2 is 2.05 bits per heavy atom. The number of amides is 1. The summed E-state index contributed by atoms with van der Waals surface area (Å²) in [5, 5.41) is 2.93. The van der Waals surface area contributed by atoms with Crippen molar-refractivity contribution in [3.05, 3.63) is 58.1 Å². The van der Waals surface area contributed by atoms with Crippen LogP contribution in [0.2, 0.25) is 0 Å². The van der Waals surface area contributed by atoms with Gasteiger partial charge in [-0.05, 0) is 41.8 Å². The Hall–Kier alpha value is -1.81. The van der Waals surface area contributed by atoms with E-state index in [1.165, 1.54) is 0 Å². The van der Waals surface area contributed by atoms with Gasteiger partial charge < -0.3 is 10.1 Å². The van der Waals surface area contributed by atoms with Crippen molar-refractivity contribution in [2.24, 2.45) is 0 Å². The summed E-state index contributed by atoms with van der Waals surface area (Å²) < 4.78 is 6.25. The Morgan fingerprint density at radius 3 is 2.85 bits per heavy atom. The van der Waals surface area contributed by atoms with Crippen molar-refractivity contribution < 1.29 is 9.53 Å². The van der Waals surface area contributed by atoms with Crippen LogP contribution in [0.1, 0.15) is 17.0 Å². The van der Waals surface area contributed by atoms with Crippen LogP contribution in [-0.4, -0.2) is 13.0 Å². The second kappa shape index (κ2) is 5.29. The van der Waals surface area contributed by atoms with Gasteiger partial charge >= 0.3 is 0 Å². The number of ether oxygens (including phenoxy) is 1. The van der Waals surface area contributed by atoms with Crippen molar-refractivity contribution in [1.82, 2.24) is 0 Å². The molecule has 0 aromatic heterocycles. The molecule has 0 saturated carbocycles. The highest BCUT2D eigenvalue weighted by Gasteiger charge is 2.30. The number of carbonyl (C=O) groups excluding carboxylic acids is 1. The van der Waals surface area contributed by atoms with E-state index in [2.05, 4.69) is 21.2 Å². The van der Waals surface area contributed by atoms with Crippen LogP contribution in [0.3, 0.4) is 0 Å². The summed E-state index contributed by atoms with van der Waals surface area (Å²) in [6, 6.07) is 13.7. The molecule has 3 rings (SSSR count). The van der Waals surface area contributed by atoms with Crippen molar-refractivity contribution in [1.29, 1.82) is 0 Å². The van der Waals surface area contributed by atoms with E-state index in [1.807, 2.05) is 42.5 Å². The van der Waals surface area contributed by atoms with Gasteiger partial charge in [0.25, 0.3) is 0 Å².